The lowest BCUT2D eigenvalue weighted by Gasteiger charge is -2.36. The summed E-state index contributed by atoms with van der Waals surface area (Å²) in [4.78, 5) is 0. The Morgan fingerprint density at radius 2 is 2.22 bits per heavy atom. The van der Waals surface area contributed by atoms with Crippen molar-refractivity contribution < 1.29 is 4.74 Å². The average Bonchev–Trinajstić information content (AvgIpc) is 3.05. The number of nitrogens with zero attached hydrogens (tertiary/aromatic N) is 2. The average molecular weight is 251 g/mol. The molecule has 0 bridgehead atoms. The van der Waals surface area contributed by atoms with Crippen LogP contribution in [-0.4, -0.2) is 35.6 Å². The van der Waals surface area contributed by atoms with E-state index in [4.69, 9.17) is 4.74 Å². The van der Waals surface area contributed by atoms with Crippen molar-refractivity contribution in [3.63, 3.8) is 0 Å². The van der Waals surface area contributed by atoms with Crippen molar-refractivity contribution >= 4 is 0 Å². The fourth-order valence-corrected chi connectivity index (χ4v) is 3.14. The Hall–Kier alpha value is -0.870. The maximum Gasteiger partial charge on any atom is 0.0834 e. The lowest BCUT2D eigenvalue weighted by Crippen LogP contribution is -2.50. The first-order valence-corrected chi connectivity index (χ1v) is 6.98. The van der Waals surface area contributed by atoms with E-state index in [9.17, 15) is 0 Å². The molecule has 18 heavy (non-hydrogen) atoms. The van der Waals surface area contributed by atoms with E-state index in [2.05, 4.69) is 23.5 Å². The third-order valence-corrected chi connectivity index (χ3v) is 4.29. The van der Waals surface area contributed by atoms with Gasteiger partial charge in [0.25, 0.3) is 0 Å². The molecule has 0 saturated heterocycles. The zero-order valence-electron chi connectivity index (χ0n) is 11.8. The Labute approximate surface area is 110 Å². The first kappa shape index (κ1) is 13.6. The van der Waals surface area contributed by atoms with Crippen molar-refractivity contribution in [3.8, 4) is 0 Å². The highest BCUT2D eigenvalue weighted by Crippen LogP contribution is 2.36. The summed E-state index contributed by atoms with van der Waals surface area (Å²) in [5.74, 6) is 0. The van der Waals surface area contributed by atoms with Crippen molar-refractivity contribution in [2.75, 3.05) is 14.2 Å². The van der Waals surface area contributed by atoms with Gasteiger partial charge in [-0.2, -0.15) is 5.10 Å². The van der Waals surface area contributed by atoms with Gasteiger partial charge in [-0.3, -0.25) is 4.68 Å². The van der Waals surface area contributed by atoms with Gasteiger partial charge in [-0.25, -0.2) is 0 Å². The van der Waals surface area contributed by atoms with Crippen LogP contribution < -0.4 is 5.32 Å². The summed E-state index contributed by atoms with van der Waals surface area (Å²) in [7, 11) is 3.89. The van der Waals surface area contributed by atoms with Crippen molar-refractivity contribution in [1.29, 1.82) is 0 Å². The summed E-state index contributed by atoms with van der Waals surface area (Å²) in [6, 6.07) is 0.375. The number of methoxy groups -OCH3 is 1. The molecular weight excluding hydrogens is 226 g/mol. The van der Waals surface area contributed by atoms with E-state index in [-0.39, 0.29) is 5.60 Å². The monoisotopic (exact) mass is 251 g/mol. The van der Waals surface area contributed by atoms with E-state index in [0.717, 1.165) is 25.8 Å². The van der Waals surface area contributed by atoms with E-state index < -0.39 is 0 Å². The molecule has 2 rings (SSSR count). The largest absolute Gasteiger partial charge is 0.377 e. The summed E-state index contributed by atoms with van der Waals surface area (Å²) in [6.45, 7) is 3.04. The zero-order valence-corrected chi connectivity index (χ0v) is 11.8. The first-order chi connectivity index (χ1) is 8.74. The third kappa shape index (κ3) is 2.59. The van der Waals surface area contributed by atoms with Crippen LogP contribution in [-0.2, 0) is 17.7 Å². The highest BCUT2D eigenvalue weighted by molar-refractivity contribution is 5.10. The van der Waals surface area contributed by atoms with Crippen LogP contribution in [0.2, 0.25) is 0 Å². The quantitative estimate of drug-likeness (QED) is 0.840. The van der Waals surface area contributed by atoms with Gasteiger partial charge < -0.3 is 10.1 Å². The van der Waals surface area contributed by atoms with Gasteiger partial charge in [0.1, 0.15) is 0 Å². The minimum absolute atomic E-state index is 0.0169. The van der Waals surface area contributed by atoms with Crippen molar-refractivity contribution in [2.45, 2.75) is 57.2 Å². The van der Waals surface area contributed by atoms with Crippen LogP contribution >= 0.6 is 0 Å². The van der Waals surface area contributed by atoms with Crippen LogP contribution in [0.25, 0.3) is 0 Å². The van der Waals surface area contributed by atoms with Gasteiger partial charge in [0.15, 0.2) is 0 Å². The number of rotatable bonds is 6. The van der Waals surface area contributed by atoms with E-state index in [1.165, 1.54) is 18.4 Å². The summed E-state index contributed by atoms with van der Waals surface area (Å²) in [5.41, 5.74) is 1.31. The smallest absolute Gasteiger partial charge is 0.0834 e. The van der Waals surface area contributed by atoms with Crippen LogP contribution in [0, 0.1) is 0 Å². The van der Waals surface area contributed by atoms with E-state index in [1.54, 1.807) is 0 Å². The molecule has 1 fully saturated rings. The maximum atomic E-state index is 5.87. The zero-order chi connectivity index (χ0) is 13.0. The van der Waals surface area contributed by atoms with Crippen molar-refractivity contribution in [2.24, 2.45) is 0 Å². The number of nitrogens with one attached hydrogen (secondary N) is 1. The molecule has 0 spiro atoms. The number of aromatic nitrogens is 2. The molecule has 1 aromatic heterocycles. The van der Waals surface area contributed by atoms with E-state index in [0.29, 0.717) is 6.04 Å². The molecular formula is C14H25N3O. The third-order valence-electron chi connectivity index (χ3n) is 4.29. The van der Waals surface area contributed by atoms with Crippen LogP contribution in [0.1, 0.15) is 38.2 Å². The SMILES string of the molecule is CCn1cc(CC(NC)C2(OC)CCCC2)cn1. The number of hydrogen-bond donors (Lipinski definition) is 1. The molecule has 1 unspecified atom stereocenters. The summed E-state index contributed by atoms with van der Waals surface area (Å²) in [5, 5.41) is 7.79. The molecule has 0 aromatic carbocycles. The van der Waals surface area contributed by atoms with Gasteiger partial charge in [-0.1, -0.05) is 12.8 Å². The molecule has 102 valence electrons. The molecule has 1 aromatic rings. The lowest BCUT2D eigenvalue weighted by molar-refractivity contribution is -0.0336. The predicted octanol–water partition coefficient (Wildman–Crippen LogP) is 1.99. The van der Waals surface area contributed by atoms with Gasteiger partial charge in [0.05, 0.1) is 11.8 Å². The molecule has 0 radical (unpaired) electrons. The Morgan fingerprint density at radius 1 is 1.50 bits per heavy atom. The topological polar surface area (TPSA) is 39.1 Å². The van der Waals surface area contributed by atoms with Gasteiger partial charge in [0, 0.05) is 25.9 Å². The Morgan fingerprint density at radius 3 is 2.72 bits per heavy atom. The fourth-order valence-electron chi connectivity index (χ4n) is 3.14. The predicted molar refractivity (Wildman–Crippen MR) is 72.7 cm³/mol. The van der Waals surface area contributed by atoms with Crippen LogP contribution in [0.5, 0.6) is 0 Å². The highest BCUT2D eigenvalue weighted by Gasteiger charge is 2.40. The molecule has 1 aliphatic carbocycles. The minimum Gasteiger partial charge on any atom is -0.377 e. The fraction of sp³-hybridized carbons (Fsp3) is 0.786. The molecule has 4 heteroatoms. The Balaban J connectivity index is 2.08. The van der Waals surface area contributed by atoms with Crippen molar-refractivity contribution in [1.82, 2.24) is 15.1 Å². The lowest BCUT2D eigenvalue weighted by atomic mass is 9.88. The van der Waals surface area contributed by atoms with E-state index in [1.807, 2.05) is 25.0 Å². The standard InChI is InChI=1S/C14H25N3O/c1-4-17-11-12(10-16-17)9-13(15-2)14(18-3)7-5-6-8-14/h10-11,13,15H,4-9H2,1-3H3. The van der Waals surface area contributed by atoms with Gasteiger partial charge >= 0.3 is 0 Å². The first-order valence-electron chi connectivity index (χ1n) is 6.98. The van der Waals surface area contributed by atoms with Gasteiger partial charge in [-0.15, -0.1) is 0 Å². The molecule has 1 saturated carbocycles. The van der Waals surface area contributed by atoms with Gasteiger partial charge in [0.2, 0.25) is 0 Å². The van der Waals surface area contributed by atoms with Crippen LogP contribution in [0.3, 0.4) is 0 Å². The van der Waals surface area contributed by atoms with Crippen LogP contribution in [0.15, 0.2) is 12.4 Å². The molecule has 1 atom stereocenters. The number of hydrogen-bond acceptors (Lipinski definition) is 3. The second-order valence-corrected chi connectivity index (χ2v) is 5.23. The Kier molecular flexibility index (Phi) is 4.40. The molecule has 0 amide bonds. The molecule has 1 aliphatic rings. The molecule has 0 aliphatic heterocycles. The Bertz CT molecular complexity index is 369. The minimum atomic E-state index is 0.0169. The molecule has 4 nitrogen and oxygen atoms in total. The normalized spacial score (nSPS) is 20.2. The summed E-state index contributed by atoms with van der Waals surface area (Å²) < 4.78 is 7.85. The highest BCUT2D eigenvalue weighted by atomic mass is 16.5. The summed E-state index contributed by atoms with van der Waals surface area (Å²) in [6.07, 6.45) is 9.99. The van der Waals surface area contributed by atoms with E-state index >= 15 is 0 Å². The number of ether oxygens (including phenoxy) is 1. The molecule has 1 heterocycles. The molecule has 1 N–H and O–H groups in total. The van der Waals surface area contributed by atoms with Gasteiger partial charge in [-0.05, 0) is 38.8 Å². The number of likely N-dealkylation sites (N-methyl/N-ethyl adjacent to an activating group) is 1. The van der Waals surface area contributed by atoms with Crippen molar-refractivity contribution in [3.05, 3.63) is 18.0 Å². The maximum absolute atomic E-state index is 5.87. The summed E-state index contributed by atoms with van der Waals surface area (Å²) >= 11 is 0. The number of aryl methyl sites for hydroxylation is 1. The van der Waals surface area contributed by atoms with Crippen LogP contribution in [0.4, 0.5) is 0 Å². The second kappa shape index (κ2) is 5.85. The second-order valence-electron chi connectivity index (χ2n) is 5.23.